The molecule has 0 amide bonds. The number of rotatable bonds is 6. The van der Waals surface area contributed by atoms with E-state index in [0.29, 0.717) is 23.4 Å². The molecule has 1 aromatic heterocycles. The lowest BCUT2D eigenvalue weighted by atomic mass is 9.96. The Morgan fingerprint density at radius 3 is 2.61 bits per heavy atom. The lowest BCUT2D eigenvalue weighted by Gasteiger charge is -2.37. The summed E-state index contributed by atoms with van der Waals surface area (Å²) in [4.78, 5) is 15.6. The maximum atomic E-state index is 13.2. The number of hydrogen-bond donors (Lipinski definition) is 1. The van der Waals surface area contributed by atoms with Gasteiger partial charge in [0.05, 0.1) is 32.3 Å². The SMILES string of the molecule is COc1cc2cnn(CCN3CCNCC3c3cccc4ccccc34)c(=O)c2cc1OC. The van der Waals surface area contributed by atoms with Crippen molar-refractivity contribution < 1.29 is 9.47 Å². The van der Waals surface area contributed by atoms with Crippen molar-refractivity contribution in [1.29, 1.82) is 0 Å². The fourth-order valence-corrected chi connectivity index (χ4v) is 4.75. The van der Waals surface area contributed by atoms with Crippen molar-refractivity contribution in [3.63, 3.8) is 0 Å². The van der Waals surface area contributed by atoms with Gasteiger partial charge < -0.3 is 14.8 Å². The second kappa shape index (κ2) is 9.21. The van der Waals surface area contributed by atoms with Crippen molar-refractivity contribution in [1.82, 2.24) is 20.0 Å². The number of ether oxygens (including phenoxy) is 2. The van der Waals surface area contributed by atoms with Gasteiger partial charge in [-0.15, -0.1) is 0 Å². The Bertz CT molecular complexity index is 1350. The van der Waals surface area contributed by atoms with E-state index in [0.717, 1.165) is 31.6 Å². The first-order valence-corrected chi connectivity index (χ1v) is 11.2. The molecule has 0 aliphatic carbocycles. The average Bonchev–Trinajstić information content (AvgIpc) is 2.87. The standard InChI is InChI=1S/C26H28N4O3/c1-32-24-14-19-16-28-30(26(31)22(19)15-25(24)33-2)13-12-29-11-10-27-17-23(29)21-9-5-7-18-6-3-4-8-20(18)21/h3-9,14-16,23,27H,10-13,17H2,1-2H3. The van der Waals surface area contributed by atoms with Crippen LogP contribution in [0, 0.1) is 0 Å². The molecule has 1 unspecified atom stereocenters. The Labute approximate surface area is 192 Å². The van der Waals surface area contributed by atoms with E-state index in [1.54, 1.807) is 37.2 Å². The Balaban J connectivity index is 1.43. The number of benzene rings is 3. The van der Waals surface area contributed by atoms with Gasteiger partial charge in [0.15, 0.2) is 11.5 Å². The van der Waals surface area contributed by atoms with Crippen LogP contribution in [0.5, 0.6) is 11.5 Å². The zero-order valence-electron chi connectivity index (χ0n) is 19.0. The van der Waals surface area contributed by atoms with E-state index in [4.69, 9.17) is 9.47 Å². The van der Waals surface area contributed by atoms with Crippen molar-refractivity contribution in [3.05, 3.63) is 76.7 Å². The molecule has 0 saturated carbocycles. The van der Waals surface area contributed by atoms with Crippen molar-refractivity contribution in [3.8, 4) is 11.5 Å². The van der Waals surface area contributed by atoms with Gasteiger partial charge in [-0.2, -0.15) is 5.10 Å². The molecular weight excluding hydrogens is 416 g/mol. The topological polar surface area (TPSA) is 68.6 Å². The van der Waals surface area contributed by atoms with E-state index in [1.165, 1.54) is 16.3 Å². The fraction of sp³-hybridized carbons (Fsp3) is 0.308. The van der Waals surface area contributed by atoms with Gasteiger partial charge in [0.25, 0.3) is 5.56 Å². The highest BCUT2D eigenvalue weighted by Crippen LogP contribution is 2.31. The van der Waals surface area contributed by atoms with Gasteiger partial charge in [0.2, 0.25) is 0 Å². The van der Waals surface area contributed by atoms with Crippen molar-refractivity contribution >= 4 is 21.5 Å². The van der Waals surface area contributed by atoms with Crippen molar-refractivity contribution in [2.75, 3.05) is 40.4 Å². The molecule has 0 bridgehead atoms. The second-order valence-corrected chi connectivity index (χ2v) is 8.29. The van der Waals surface area contributed by atoms with Crippen LogP contribution in [0.2, 0.25) is 0 Å². The van der Waals surface area contributed by atoms with E-state index in [1.807, 2.05) is 0 Å². The first-order chi connectivity index (χ1) is 16.2. The largest absolute Gasteiger partial charge is 0.493 e. The Morgan fingerprint density at radius 1 is 0.970 bits per heavy atom. The highest BCUT2D eigenvalue weighted by Gasteiger charge is 2.25. The minimum Gasteiger partial charge on any atom is -0.493 e. The van der Waals surface area contributed by atoms with Gasteiger partial charge in [-0.25, -0.2) is 4.68 Å². The number of hydrogen-bond acceptors (Lipinski definition) is 6. The summed E-state index contributed by atoms with van der Waals surface area (Å²) in [5.74, 6) is 1.13. The molecule has 4 aromatic rings. The molecule has 33 heavy (non-hydrogen) atoms. The predicted octanol–water partition coefficient (Wildman–Crippen LogP) is 3.21. The van der Waals surface area contributed by atoms with Gasteiger partial charge >= 0.3 is 0 Å². The van der Waals surface area contributed by atoms with Gasteiger partial charge in [0, 0.05) is 37.6 Å². The number of aromatic nitrogens is 2. The van der Waals surface area contributed by atoms with E-state index in [9.17, 15) is 4.79 Å². The smallest absolute Gasteiger partial charge is 0.274 e. The Kier molecular flexibility index (Phi) is 5.98. The van der Waals surface area contributed by atoms with E-state index >= 15 is 0 Å². The molecule has 170 valence electrons. The molecule has 1 aliphatic heterocycles. The summed E-state index contributed by atoms with van der Waals surface area (Å²) >= 11 is 0. The van der Waals surface area contributed by atoms with Gasteiger partial charge in [-0.3, -0.25) is 9.69 Å². The van der Waals surface area contributed by atoms with E-state index in [2.05, 4.69) is 57.8 Å². The summed E-state index contributed by atoms with van der Waals surface area (Å²) in [6.45, 7) is 3.98. The van der Waals surface area contributed by atoms with Gasteiger partial charge in [0.1, 0.15) is 0 Å². The summed E-state index contributed by atoms with van der Waals surface area (Å²) in [6.07, 6.45) is 1.72. The lowest BCUT2D eigenvalue weighted by molar-refractivity contribution is 0.154. The van der Waals surface area contributed by atoms with E-state index < -0.39 is 0 Å². The molecule has 0 radical (unpaired) electrons. The number of nitrogens with zero attached hydrogens (tertiary/aromatic N) is 3. The first kappa shape index (κ1) is 21.4. The van der Waals surface area contributed by atoms with Crippen LogP contribution in [-0.4, -0.2) is 55.1 Å². The van der Waals surface area contributed by atoms with Gasteiger partial charge in [-0.05, 0) is 28.5 Å². The van der Waals surface area contributed by atoms with Gasteiger partial charge in [-0.1, -0.05) is 42.5 Å². The highest BCUT2D eigenvalue weighted by atomic mass is 16.5. The molecule has 1 atom stereocenters. The molecule has 7 nitrogen and oxygen atoms in total. The summed E-state index contributed by atoms with van der Waals surface area (Å²) in [5.41, 5.74) is 1.20. The average molecular weight is 445 g/mol. The quantitative estimate of drug-likeness (QED) is 0.493. The maximum absolute atomic E-state index is 13.2. The number of nitrogens with one attached hydrogen (secondary N) is 1. The zero-order valence-corrected chi connectivity index (χ0v) is 19.0. The monoisotopic (exact) mass is 444 g/mol. The van der Waals surface area contributed by atoms with Crippen LogP contribution >= 0.6 is 0 Å². The predicted molar refractivity (Wildman–Crippen MR) is 130 cm³/mol. The minimum atomic E-state index is -0.120. The number of fused-ring (bicyclic) bond motifs is 2. The maximum Gasteiger partial charge on any atom is 0.274 e. The number of piperazine rings is 1. The molecule has 1 N–H and O–H groups in total. The highest BCUT2D eigenvalue weighted by molar-refractivity contribution is 5.86. The third kappa shape index (κ3) is 4.05. The van der Waals surface area contributed by atoms with Crippen LogP contribution < -0.4 is 20.3 Å². The molecule has 3 aromatic carbocycles. The molecule has 2 heterocycles. The normalized spacial score (nSPS) is 16.8. The molecule has 5 rings (SSSR count). The number of methoxy groups -OCH3 is 2. The minimum absolute atomic E-state index is 0.120. The summed E-state index contributed by atoms with van der Waals surface area (Å²) < 4.78 is 12.3. The zero-order chi connectivity index (χ0) is 22.8. The van der Waals surface area contributed by atoms with Crippen LogP contribution in [0.15, 0.2) is 65.6 Å². The van der Waals surface area contributed by atoms with Crippen LogP contribution in [0.25, 0.3) is 21.5 Å². The summed E-state index contributed by atoms with van der Waals surface area (Å²) in [6, 6.07) is 18.8. The molecule has 0 spiro atoms. The summed E-state index contributed by atoms with van der Waals surface area (Å²) in [5, 5.41) is 11.8. The Morgan fingerprint density at radius 2 is 1.76 bits per heavy atom. The molecule has 1 saturated heterocycles. The summed E-state index contributed by atoms with van der Waals surface area (Å²) in [7, 11) is 3.15. The fourth-order valence-electron chi connectivity index (χ4n) is 4.75. The van der Waals surface area contributed by atoms with Crippen LogP contribution in [-0.2, 0) is 6.54 Å². The van der Waals surface area contributed by atoms with Crippen LogP contribution in [0.4, 0.5) is 0 Å². The molecule has 7 heteroatoms. The second-order valence-electron chi connectivity index (χ2n) is 8.29. The van der Waals surface area contributed by atoms with Crippen LogP contribution in [0.1, 0.15) is 11.6 Å². The van der Waals surface area contributed by atoms with Crippen LogP contribution in [0.3, 0.4) is 0 Å². The van der Waals surface area contributed by atoms with Crippen molar-refractivity contribution in [2.24, 2.45) is 0 Å². The third-order valence-electron chi connectivity index (χ3n) is 6.49. The third-order valence-corrected chi connectivity index (χ3v) is 6.49. The van der Waals surface area contributed by atoms with E-state index in [-0.39, 0.29) is 11.6 Å². The lowest BCUT2D eigenvalue weighted by Crippen LogP contribution is -2.47. The first-order valence-electron chi connectivity index (χ1n) is 11.2. The molecular formula is C26H28N4O3. The Hall–Kier alpha value is -3.42. The molecule has 1 fully saturated rings. The molecule has 1 aliphatic rings. The van der Waals surface area contributed by atoms with Crippen molar-refractivity contribution in [2.45, 2.75) is 12.6 Å².